The molecule has 0 aliphatic heterocycles. The lowest BCUT2D eigenvalue weighted by Gasteiger charge is -2.31. The van der Waals surface area contributed by atoms with Crippen LogP contribution in [0.15, 0.2) is 73.8 Å². The van der Waals surface area contributed by atoms with Gasteiger partial charge >= 0.3 is 0 Å². The van der Waals surface area contributed by atoms with Gasteiger partial charge in [0.1, 0.15) is 11.8 Å². The summed E-state index contributed by atoms with van der Waals surface area (Å²) in [4.78, 5) is 13.7. The number of ether oxygens (including phenoxy) is 2. The predicted octanol–water partition coefficient (Wildman–Crippen LogP) is 5.24. The van der Waals surface area contributed by atoms with Gasteiger partial charge in [-0.2, -0.15) is 4.31 Å². The van der Waals surface area contributed by atoms with Crippen LogP contribution in [-0.2, 0) is 26.0 Å². The van der Waals surface area contributed by atoms with E-state index in [1.54, 1.807) is 12.2 Å². The van der Waals surface area contributed by atoms with E-state index in [-0.39, 0.29) is 37.0 Å². The number of hydrogen-bond donors (Lipinski definition) is 3. The number of carbonyl (C=O) groups excluding carboxylic acids is 1. The van der Waals surface area contributed by atoms with E-state index in [4.69, 9.17) is 9.47 Å². The minimum absolute atomic E-state index is 0.0253. The Bertz CT molecular complexity index is 1370. The number of amides is 1. The molecule has 0 bridgehead atoms. The number of carbonyl (C=O) groups is 1. The van der Waals surface area contributed by atoms with Crippen LogP contribution in [0.5, 0.6) is 5.75 Å². The lowest BCUT2D eigenvalue weighted by molar-refractivity contribution is -0.126. The molecule has 10 heteroatoms. The average molecular weight is 656 g/mol. The second-order valence-corrected chi connectivity index (χ2v) is 14.4. The molecule has 3 N–H and O–H groups in total. The summed E-state index contributed by atoms with van der Waals surface area (Å²) in [6.45, 7) is 14.1. The molecule has 5 atom stereocenters. The summed E-state index contributed by atoms with van der Waals surface area (Å²) in [6, 6.07) is 13.8. The molecule has 0 saturated heterocycles. The second-order valence-electron chi connectivity index (χ2n) is 12.2. The number of aliphatic hydroxyl groups excluding tert-OH is 1. The van der Waals surface area contributed by atoms with Gasteiger partial charge in [-0.25, -0.2) is 8.42 Å². The van der Waals surface area contributed by atoms with Crippen LogP contribution in [-0.4, -0.2) is 74.0 Å². The lowest BCUT2D eigenvalue weighted by atomic mass is 9.99. The van der Waals surface area contributed by atoms with Gasteiger partial charge in [0.15, 0.2) is 0 Å². The van der Waals surface area contributed by atoms with E-state index >= 15 is 0 Å². The van der Waals surface area contributed by atoms with E-state index < -0.39 is 34.1 Å². The quantitative estimate of drug-likeness (QED) is 0.125. The monoisotopic (exact) mass is 655 g/mol. The first-order chi connectivity index (χ1) is 22.0. The molecule has 3 rings (SSSR count). The highest BCUT2D eigenvalue weighted by Crippen LogP contribution is 2.42. The molecule has 9 nitrogen and oxygen atoms in total. The van der Waals surface area contributed by atoms with Gasteiger partial charge in [0.2, 0.25) is 15.9 Å². The maximum atomic E-state index is 13.7. The van der Waals surface area contributed by atoms with Gasteiger partial charge < -0.3 is 25.2 Å². The Balaban J connectivity index is 1.80. The lowest BCUT2D eigenvalue weighted by Crippen LogP contribution is -2.55. The van der Waals surface area contributed by atoms with Gasteiger partial charge in [-0.3, -0.25) is 4.79 Å². The van der Waals surface area contributed by atoms with Crippen molar-refractivity contribution in [2.24, 2.45) is 0 Å². The number of benzene rings is 2. The van der Waals surface area contributed by atoms with E-state index in [2.05, 4.69) is 23.8 Å². The summed E-state index contributed by atoms with van der Waals surface area (Å²) in [7, 11) is -2.22. The Morgan fingerprint density at radius 1 is 1.11 bits per heavy atom. The molecule has 2 aromatic rings. The summed E-state index contributed by atoms with van der Waals surface area (Å²) >= 11 is 0. The van der Waals surface area contributed by atoms with Gasteiger partial charge in [-0.1, -0.05) is 68.3 Å². The first-order valence-electron chi connectivity index (χ1n) is 16.4. The van der Waals surface area contributed by atoms with E-state index in [9.17, 15) is 18.3 Å². The van der Waals surface area contributed by atoms with Crippen molar-refractivity contribution < 1.29 is 27.8 Å². The topological polar surface area (TPSA) is 117 Å². The van der Waals surface area contributed by atoms with Crippen LogP contribution in [0, 0.1) is 0 Å². The molecule has 0 heterocycles. The molecular formula is C36H53N3O6S. The van der Waals surface area contributed by atoms with Crippen LogP contribution >= 0.6 is 0 Å². The van der Waals surface area contributed by atoms with Crippen molar-refractivity contribution >= 4 is 15.9 Å². The highest BCUT2D eigenvalue weighted by molar-refractivity contribution is 7.89. The van der Waals surface area contributed by atoms with Crippen LogP contribution in [0.3, 0.4) is 0 Å². The van der Waals surface area contributed by atoms with Crippen molar-refractivity contribution in [3.05, 3.63) is 90.5 Å². The number of nitrogens with one attached hydrogen (secondary N) is 2. The molecule has 0 spiro atoms. The Labute approximate surface area is 276 Å². The van der Waals surface area contributed by atoms with Gasteiger partial charge in [-0.15, -0.1) is 13.2 Å². The maximum absolute atomic E-state index is 13.7. The highest BCUT2D eigenvalue weighted by atomic mass is 32.2. The van der Waals surface area contributed by atoms with E-state index in [1.165, 1.54) is 7.05 Å². The third-order valence-electron chi connectivity index (χ3n) is 8.26. The Morgan fingerprint density at radius 2 is 1.85 bits per heavy atom. The van der Waals surface area contributed by atoms with Crippen LogP contribution in [0.25, 0.3) is 0 Å². The summed E-state index contributed by atoms with van der Waals surface area (Å²) in [5, 5.41) is 18.1. The molecule has 2 aromatic carbocycles. The highest BCUT2D eigenvalue weighted by Gasteiger charge is 2.35. The largest absolute Gasteiger partial charge is 0.491 e. The number of nitrogens with zero attached hydrogens (tertiary/aromatic N) is 1. The fourth-order valence-electron chi connectivity index (χ4n) is 5.78. The van der Waals surface area contributed by atoms with Crippen molar-refractivity contribution in [3.63, 3.8) is 0 Å². The molecule has 0 radical (unpaired) electrons. The standard InChI is InChI=1S/C36H53N3O6S/c1-7-10-14-21-46(42,43)39(6)33(15-8-2)36(41)38-32(22-27-16-12-11-13-17-27)34(40)25-37-31-24-35(44-20-9-3)29-19-18-28(23-30(29)31)45-26(4)5/h8-9,11-13,16-19,23,26,31-35,37,40H,2-3,7,10,14-15,20-22,24-25H2,1,4-6H3,(H,38,41)/t31-,32-,33-,34+,35+/m0/s1. The fraction of sp³-hybridized carbons (Fsp3) is 0.528. The third-order valence-corrected chi connectivity index (χ3v) is 10.2. The van der Waals surface area contributed by atoms with E-state index in [0.29, 0.717) is 25.9 Å². The summed E-state index contributed by atoms with van der Waals surface area (Å²) in [6.07, 6.45) is 5.58. The van der Waals surface area contributed by atoms with E-state index in [0.717, 1.165) is 39.6 Å². The van der Waals surface area contributed by atoms with Crippen LogP contribution < -0.4 is 15.4 Å². The number of unbranched alkanes of at least 4 members (excludes halogenated alkanes) is 2. The zero-order valence-corrected chi connectivity index (χ0v) is 28.7. The Morgan fingerprint density at radius 3 is 2.50 bits per heavy atom. The molecule has 0 aromatic heterocycles. The molecule has 0 unspecified atom stereocenters. The number of aliphatic hydroxyl groups is 1. The second kappa shape index (κ2) is 18.4. The van der Waals surface area contributed by atoms with Crippen molar-refractivity contribution in [1.82, 2.24) is 14.9 Å². The third kappa shape index (κ3) is 10.8. The molecule has 254 valence electrons. The molecule has 46 heavy (non-hydrogen) atoms. The minimum atomic E-state index is -3.67. The van der Waals surface area contributed by atoms with Crippen molar-refractivity contribution in [3.8, 4) is 5.75 Å². The number of hydrogen-bond acceptors (Lipinski definition) is 7. The summed E-state index contributed by atoms with van der Waals surface area (Å²) in [5.41, 5.74) is 3.05. The molecule has 0 fully saturated rings. The summed E-state index contributed by atoms with van der Waals surface area (Å²) < 4.78 is 39.4. The zero-order chi connectivity index (χ0) is 33.7. The number of sulfonamides is 1. The first-order valence-corrected chi connectivity index (χ1v) is 18.0. The molecule has 1 amide bonds. The van der Waals surface area contributed by atoms with Crippen LogP contribution in [0.1, 0.15) is 81.7 Å². The molecule has 1 aliphatic carbocycles. The zero-order valence-electron chi connectivity index (χ0n) is 27.9. The average Bonchev–Trinajstić information content (AvgIpc) is 3.37. The smallest absolute Gasteiger partial charge is 0.239 e. The van der Waals surface area contributed by atoms with Crippen molar-refractivity contribution in [1.29, 1.82) is 0 Å². The fourth-order valence-corrected chi connectivity index (χ4v) is 7.21. The minimum Gasteiger partial charge on any atom is -0.491 e. The number of rotatable bonds is 21. The summed E-state index contributed by atoms with van der Waals surface area (Å²) in [5.74, 6) is 0.269. The van der Waals surface area contributed by atoms with Crippen molar-refractivity contribution in [2.45, 2.75) is 95.7 Å². The van der Waals surface area contributed by atoms with E-state index in [1.807, 2.05) is 69.3 Å². The van der Waals surface area contributed by atoms with Crippen LogP contribution in [0.4, 0.5) is 0 Å². The van der Waals surface area contributed by atoms with Gasteiger partial charge in [0, 0.05) is 19.6 Å². The van der Waals surface area contributed by atoms with Gasteiger partial charge in [0.05, 0.1) is 36.7 Å². The molecule has 0 saturated carbocycles. The molecule has 1 aliphatic rings. The number of likely N-dealkylation sites (N-methyl/N-ethyl adjacent to an activating group) is 1. The van der Waals surface area contributed by atoms with Gasteiger partial charge in [0.25, 0.3) is 0 Å². The normalized spacial score (nSPS) is 18.2. The first kappa shape index (κ1) is 37.4. The van der Waals surface area contributed by atoms with Crippen molar-refractivity contribution in [2.75, 3.05) is 26.0 Å². The van der Waals surface area contributed by atoms with Gasteiger partial charge in [-0.05, 0) is 68.4 Å². The molecular weight excluding hydrogens is 602 g/mol. The Kier molecular flexibility index (Phi) is 14.9. The maximum Gasteiger partial charge on any atom is 0.239 e. The predicted molar refractivity (Wildman–Crippen MR) is 184 cm³/mol. The SMILES string of the molecule is C=CCO[C@@H]1C[C@H](NC[C@@H](O)[C@H](Cc2ccccc2)NC(=O)[C@H](CC=C)N(C)S(=O)(=O)CCCCC)c2cc(OC(C)C)ccc21. The Hall–Kier alpha value is -3.02. The number of fused-ring (bicyclic) bond motifs is 1. The van der Waals surface area contributed by atoms with Crippen LogP contribution in [0.2, 0.25) is 0 Å².